The van der Waals surface area contributed by atoms with Gasteiger partial charge in [0, 0.05) is 32.2 Å². The van der Waals surface area contributed by atoms with Gasteiger partial charge in [0.1, 0.15) is 5.75 Å². The number of hydrogen-bond donors (Lipinski definition) is 2. The minimum Gasteiger partial charge on any atom is -0.507 e. The maximum absolute atomic E-state index is 11.0. The molecule has 1 atom stereocenters. The van der Waals surface area contributed by atoms with Crippen molar-refractivity contribution in [2.24, 2.45) is 0 Å². The summed E-state index contributed by atoms with van der Waals surface area (Å²) in [5.41, 5.74) is 3.19. The molecule has 2 rings (SSSR count). The summed E-state index contributed by atoms with van der Waals surface area (Å²) in [4.78, 5) is 2.55. The highest BCUT2D eigenvalue weighted by molar-refractivity contribution is 5.50. The standard InChI is InChI=1S/C22H36N2O/c1-8-9-19(24-12-10-23-11-13-24)16-14-17(21(2,3)4)20(25)18(15-16)22(5,6)7/h8,14-15,19,23,25H,1,9-13H2,2-7H3/t19-/m1/s1. The zero-order valence-electron chi connectivity index (χ0n) is 16.9. The topological polar surface area (TPSA) is 35.5 Å². The van der Waals surface area contributed by atoms with E-state index in [2.05, 4.69) is 70.5 Å². The molecule has 1 aromatic rings. The molecule has 1 fully saturated rings. The molecule has 0 spiro atoms. The van der Waals surface area contributed by atoms with Gasteiger partial charge in [-0.15, -0.1) is 6.58 Å². The first-order valence-corrected chi connectivity index (χ1v) is 9.49. The van der Waals surface area contributed by atoms with Crippen molar-refractivity contribution in [3.05, 3.63) is 41.5 Å². The second kappa shape index (κ2) is 7.51. The van der Waals surface area contributed by atoms with Gasteiger partial charge in [-0.05, 0) is 46.1 Å². The average Bonchev–Trinajstić information content (AvgIpc) is 2.51. The number of piperazine rings is 1. The van der Waals surface area contributed by atoms with E-state index < -0.39 is 0 Å². The van der Waals surface area contributed by atoms with Crippen molar-refractivity contribution in [3.63, 3.8) is 0 Å². The lowest BCUT2D eigenvalue weighted by Gasteiger charge is -2.36. The van der Waals surface area contributed by atoms with E-state index in [0.717, 1.165) is 43.7 Å². The van der Waals surface area contributed by atoms with Crippen molar-refractivity contribution in [1.29, 1.82) is 0 Å². The third-order valence-electron chi connectivity index (χ3n) is 5.12. The molecule has 1 saturated heterocycles. The lowest BCUT2D eigenvalue weighted by molar-refractivity contribution is 0.174. The first-order valence-electron chi connectivity index (χ1n) is 9.49. The van der Waals surface area contributed by atoms with Crippen LogP contribution in [0.4, 0.5) is 0 Å². The molecule has 3 nitrogen and oxygen atoms in total. The molecule has 0 saturated carbocycles. The van der Waals surface area contributed by atoms with Crippen LogP contribution < -0.4 is 5.32 Å². The molecular formula is C22H36N2O. The number of nitrogens with zero attached hydrogens (tertiary/aromatic N) is 1. The van der Waals surface area contributed by atoms with Gasteiger partial charge in [0.2, 0.25) is 0 Å². The van der Waals surface area contributed by atoms with Gasteiger partial charge in [-0.3, -0.25) is 4.90 Å². The molecule has 0 aliphatic carbocycles. The third kappa shape index (κ3) is 4.65. The van der Waals surface area contributed by atoms with Gasteiger partial charge in [0.25, 0.3) is 0 Å². The zero-order valence-corrected chi connectivity index (χ0v) is 16.9. The number of nitrogens with one attached hydrogen (secondary N) is 1. The van der Waals surface area contributed by atoms with Crippen molar-refractivity contribution in [3.8, 4) is 5.75 Å². The molecule has 0 aromatic heterocycles. The number of benzene rings is 1. The molecule has 25 heavy (non-hydrogen) atoms. The second-order valence-electron chi connectivity index (χ2n) is 9.29. The SMILES string of the molecule is C=CC[C@H](c1cc(C(C)(C)C)c(O)c(C(C)(C)C)c1)N1CCNCC1. The van der Waals surface area contributed by atoms with Crippen molar-refractivity contribution in [2.45, 2.75) is 64.8 Å². The third-order valence-corrected chi connectivity index (χ3v) is 5.12. The molecule has 0 bridgehead atoms. The molecule has 3 heteroatoms. The van der Waals surface area contributed by atoms with Gasteiger partial charge in [-0.2, -0.15) is 0 Å². The van der Waals surface area contributed by atoms with E-state index in [1.807, 2.05) is 6.08 Å². The highest BCUT2D eigenvalue weighted by atomic mass is 16.3. The van der Waals surface area contributed by atoms with Crippen LogP contribution in [0.3, 0.4) is 0 Å². The summed E-state index contributed by atoms with van der Waals surface area (Å²) >= 11 is 0. The Morgan fingerprint density at radius 1 is 1.08 bits per heavy atom. The zero-order chi connectivity index (χ0) is 18.8. The molecular weight excluding hydrogens is 308 g/mol. The van der Waals surface area contributed by atoms with Crippen LogP contribution in [0.15, 0.2) is 24.8 Å². The Morgan fingerprint density at radius 3 is 1.96 bits per heavy atom. The number of phenols is 1. The molecule has 1 aromatic carbocycles. The van der Waals surface area contributed by atoms with E-state index in [0.29, 0.717) is 11.8 Å². The number of rotatable bonds is 4. The molecule has 0 amide bonds. The Morgan fingerprint density at radius 2 is 1.56 bits per heavy atom. The summed E-state index contributed by atoms with van der Waals surface area (Å²) in [6.07, 6.45) is 2.95. The fourth-order valence-electron chi connectivity index (χ4n) is 3.64. The van der Waals surface area contributed by atoms with Gasteiger partial charge >= 0.3 is 0 Å². The smallest absolute Gasteiger partial charge is 0.123 e. The summed E-state index contributed by atoms with van der Waals surface area (Å²) < 4.78 is 0. The van der Waals surface area contributed by atoms with Crippen LogP contribution in [0.2, 0.25) is 0 Å². The van der Waals surface area contributed by atoms with Crippen LogP contribution >= 0.6 is 0 Å². The molecule has 2 N–H and O–H groups in total. The maximum Gasteiger partial charge on any atom is 0.123 e. The molecule has 1 aliphatic heterocycles. The molecule has 0 radical (unpaired) electrons. The van der Waals surface area contributed by atoms with Crippen LogP contribution in [0.5, 0.6) is 5.75 Å². The average molecular weight is 345 g/mol. The van der Waals surface area contributed by atoms with Gasteiger partial charge in [0.15, 0.2) is 0 Å². The molecule has 0 unspecified atom stereocenters. The lowest BCUT2D eigenvalue weighted by Crippen LogP contribution is -2.45. The Hall–Kier alpha value is -1.32. The van der Waals surface area contributed by atoms with Gasteiger partial charge in [0.05, 0.1) is 0 Å². The Bertz CT molecular complexity index is 566. The van der Waals surface area contributed by atoms with E-state index in [1.165, 1.54) is 5.56 Å². The number of phenolic OH excluding ortho intramolecular Hbond substituents is 1. The minimum absolute atomic E-state index is 0.0950. The Balaban J connectivity index is 2.59. The second-order valence-corrected chi connectivity index (χ2v) is 9.29. The number of hydrogen-bond acceptors (Lipinski definition) is 3. The predicted octanol–water partition coefficient (Wildman–Crippen LogP) is 4.51. The van der Waals surface area contributed by atoms with Crippen molar-refractivity contribution in [1.82, 2.24) is 10.2 Å². The van der Waals surface area contributed by atoms with E-state index in [9.17, 15) is 5.11 Å². The highest BCUT2D eigenvalue weighted by Gasteiger charge is 2.29. The summed E-state index contributed by atoms with van der Waals surface area (Å²) in [7, 11) is 0. The fraction of sp³-hybridized carbons (Fsp3) is 0.636. The van der Waals surface area contributed by atoms with E-state index in [-0.39, 0.29) is 10.8 Å². The minimum atomic E-state index is -0.0950. The summed E-state index contributed by atoms with van der Waals surface area (Å²) in [5, 5.41) is 14.4. The quantitative estimate of drug-likeness (QED) is 0.789. The first kappa shape index (κ1) is 20.0. The van der Waals surface area contributed by atoms with Crippen LogP contribution in [0, 0.1) is 0 Å². The van der Waals surface area contributed by atoms with Crippen LogP contribution in [0.1, 0.15) is 70.7 Å². The van der Waals surface area contributed by atoms with E-state index in [1.54, 1.807) is 0 Å². The molecule has 1 aliphatic rings. The van der Waals surface area contributed by atoms with Gasteiger partial charge < -0.3 is 10.4 Å². The Labute approximate surface area is 154 Å². The van der Waals surface area contributed by atoms with Crippen molar-refractivity contribution < 1.29 is 5.11 Å². The first-order chi connectivity index (χ1) is 11.6. The van der Waals surface area contributed by atoms with Crippen LogP contribution in [-0.2, 0) is 10.8 Å². The predicted molar refractivity (Wildman–Crippen MR) is 108 cm³/mol. The Kier molecular flexibility index (Phi) is 6.01. The highest BCUT2D eigenvalue weighted by Crippen LogP contribution is 2.42. The lowest BCUT2D eigenvalue weighted by atomic mass is 9.77. The van der Waals surface area contributed by atoms with Crippen LogP contribution in [0.25, 0.3) is 0 Å². The van der Waals surface area contributed by atoms with Gasteiger partial charge in [-0.25, -0.2) is 0 Å². The van der Waals surface area contributed by atoms with Gasteiger partial charge in [-0.1, -0.05) is 47.6 Å². The molecule has 140 valence electrons. The monoisotopic (exact) mass is 344 g/mol. The van der Waals surface area contributed by atoms with Crippen molar-refractivity contribution in [2.75, 3.05) is 26.2 Å². The summed E-state index contributed by atoms with van der Waals surface area (Å²) in [6.45, 7) is 21.2. The normalized spacial score (nSPS) is 18.2. The van der Waals surface area contributed by atoms with Crippen molar-refractivity contribution >= 4 is 0 Å². The summed E-state index contributed by atoms with van der Waals surface area (Å²) in [5.74, 6) is 0.460. The van der Waals surface area contributed by atoms with E-state index >= 15 is 0 Å². The number of aromatic hydroxyl groups is 1. The maximum atomic E-state index is 11.0. The van der Waals surface area contributed by atoms with E-state index in [4.69, 9.17) is 0 Å². The molecule has 1 heterocycles. The summed E-state index contributed by atoms with van der Waals surface area (Å²) in [6, 6.07) is 4.77. The fourth-order valence-corrected chi connectivity index (χ4v) is 3.64. The largest absolute Gasteiger partial charge is 0.507 e. The van der Waals surface area contributed by atoms with Crippen LogP contribution in [-0.4, -0.2) is 36.2 Å².